The molecule has 0 amide bonds. The summed E-state index contributed by atoms with van der Waals surface area (Å²) in [6.45, 7) is 4.04. The summed E-state index contributed by atoms with van der Waals surface area (Å²) in [5.74, 6) is 0.0702. The van der Waals surface area contributed by atoms with Gasteiger partial charge in [-0.2, -0.15) is 8.42 Å². The number of rotatable bonds is 7. The first-order valence-corrected chi connectivity index (χ1v) is 6.07. The fourth-order valence-corrected chi connectivity index (χ4v) is 1.34. The molecule has 4 nitrogen and oxygen atoms in total. The van der Waals surface area contributed by atoms with E-state index < -0.39 is 10.1 Å². The van der Waals surface area contributed by atoms with Crippen molar-refractivity contribution in [2.24, 2.45) is 0 Å². The van der Waals surface area contributed by atoms with Crippen molar-refractivity contribution in [2.45, 2.75) is 39.5 Å². The van der Waals surface area contributed by atoms with Gasteiger partial charge in [-0.25, -0.2) is 0 Å². The minimum Gasteiger partial charge on any atom is -0.344 e. The van der Waals surface area contributed by atoms with Crippen molar-refractivity contribution < 1.29 is 12.6 Å². The molecule has 5 heteroatoms. The van der Waals surface area contributed by atoms with Crippen molar-refractivity contribution in [1.82, 2.24) is 6.15 Å². The SMILES string of the molecule is CCCCCCOS(=O)(=O)CC.N. The van der Waals surface area contributed by atoms with Crippen molar-refractivity contribution >= 4 is 10.1 Å². The zero-order valence-corrected chi connectivity index (χ0v) is 9.40. The van der Waals surface area contributed by atoms with Gasteiger partial charge in [0.25, 0.3) is 10.1 Å². The standard InChI is InChI=1S/C8H18O3S.H3N/c1-3-5-6-7-8-11-12(9,10)4-2;/h3-8H2,1-2H3;1H3. The molecule has 0 fully saturated rings. The maximum Gasteiger partial charge on any atom is 0.267 e. The van der Waals surface area contributed by atoms with Gasteiger partial charge in [0.15, 0.2) is 0 Å². The molecule has 0 bridgehead atoms. The van der Waals surface area contributed by atoms with Crippen LogP contribution < -0.4 is 6.15 Å². The van der Waals surface area contributed by atoms with Gasteiger partial charge in [-0.05, 0) is 13.3 Å². The molecule has 0 aliphatic carbocycles. The molecule has 0 aromatic heterocycles. The molecule has 0 atom stereocenters. The van der Waals surface area contributed by atoms with Gasteiger partial charge in [-0.15, -0.1) is 0 Å². The maximum atomic E-state index is 10.8. The van der Waals surface area contributed by atoms with E-state index in [0.717, 1.165) is 25.7 Å². The summed E-state index contributed by atoms with van der Waals surface area (Å²) >= 11 is 0. The summed E-state index contributed by atoms with van der Waals surface area (Å²) in [5.41, 5.74) is 0. The second kappa shape index (κ2) is 8.47. The van der Waals surface area contributed by atoms with Gasteiger partial charge in [0.05, 0.1) is 12.4 Å². The minimum atomic E-state index is -3.21. The van der Waals surface area contributed by atoms with Crippen LogP contribution >= 0.6 is 0 Å². The molecule has 0 rings (SSSR count). The summed E-state index contributed by atoms with van der Waals surface area (Å²) < 4.78 is 26.3. The van der Waals surface area contributed by atoms with Gasteiger partial charge < -0.3 is 6.15 Å². The third-order valence-corrected chi connectivity index (χ3v) is 2.85. The Labute approximate surface area is 81.4 Å². The quantitative estimate of drug-likeness (QED) is 0.516. The molecular weight excluding hydrogens is 190 g/mol. The molecule has 0 aliphatic heterocycles. The number of hydrogen-bond acceptors (Lipinski definition) is 4. The van der Waals surface area contributed by atoms with E-state index in [0.29, 0.717) is 6.61 Å². The largest absolute Gasteiger partial charge is 0.344 e. The highest BCUT2D eigenvalue weighted by molar-refractivity contribution is 7.86. The summed E-state index contributed by atoms with van der Waals surface area (Å²) in [6, 6.07) is 0. The maximum absolute atomic E-state index is 10.8. The molecule has 0 unspecified atom stereocenters. The molecule has 13 heavy (non-hydrogen) atoms. The highest BCUT2D eigenvalue weighted by Crippen LogP contribution is 2.01. The van der Waals surface area contributed by atoms with Gasteiger partial charge in [0, 0.05) is 0 Å². The Hall–Kier alpha value is -0.130. The lowest BCUT2D eigenvalue weighted by Gasteiger charge is -2.01. The third kappa shape index (κ3) is 9.79. The van der Waals surface area contributed by atoms with Crippen molar-refractivity contribution in [3.05, 3.63) is 0 Å². The monoisotopic (exact) mass is 211 g/mol. The summed E-state index contributed by atoms with van der Waals surface area (Å²) in [6.07, 6.45) is 4.19. The Kier molecular flexibility index (Phi) is 10.00. The lowest BCUT2D eigenvalue weighted by atomic mass is 10.2. The molecule has 0 saturated carbocycles. The number of unbranched alkanes of at least 4 members (excludes halogenated alkanes) is 3. The van der Waals surface area contributed by atoms with Crippen molar-refractivity contribution in [3.8, 4) is 0 Å². The molecule has 0 aromatic rings. The number of hydrogen-bond donors (Lipinski definition) is 1. The molecule has 0 heterocycles. The van der Waals surface area contributed by atoms with Gasteiger partial charge in [-0.3, -0.25) is 4.18 Å². The van der Waals surface area contributed by atoms with Gasteiger partial charge in [-0.1, -0.05) is 26.2 Å². The fourth-order valence-electron chi connectivity index (χ4n) is 0.798. The molecule has 0 spiro atoms. The van der Waals surface area contributed by atoms with Crippen LogP contribution in [0.2, 0.25) is 0 Å². The van der Waals surface area contributed by atoms with E-state index in [-0.39, 0.29) is 11.9 Å². The fraction of sp³-hybridized carbons (Fsp3) is 1.00. The Morgan fingerprint density at radius 3 is 2.15 bits per heavy atom. The van der Waals surface area contributed by atoms with E-state index in [9.17, 15) is 8.42 Å². The van der Waals surface area contributed by atoms with Crippen LogP contribution in [-0.4, -0.2) is 20.8 Å². The first kappa shape index (κ1) is 15.3. The predicted molar refractivity (Wildman–Crippen MR) is 54.6 cm³/mol. The van der Waals surface area contributed by atoms with E-state index in [2.05, 4.69) is 6.92 Å². The first-order valence-electron chi connectivity index (χ1n) is 4.49. The molecule has 0 saturated heterocycles. The second-order valence-electron chi connectivity index (χ2n) is 2.73. The zero-order valence-electron chi connectivity index (χ0n) is 8.58. The van der Waals surface area contributed by atoms with Crippen molar-refractivity contribution in [3.63, 3.8) is 0 Å². The minimum absolute atomic E-state index is 0. The van der Waals surface area contributed by atoms with Crippen LogP contribution in [0.4, 0.5) is 0 Å². The molecule has 0 aromatic carbocycles. The average Bonchev–Trinajstić information content (AvgIpc) is 2.04. The molecule has 0 aliphatic rings. The van der Waals surface area contributed by atoms with E-state index >= 15 is 0 Å². The van der Waals surface area contributed by atoms with Crippen LogP contribution in [-0.2, 0) is 14.3 Å². The van der Waals surface area contributed by atoms with Crippen LogP contribution in [0.1, 0.15) is 39.5 Å². The van der Waals surface area contributed by atoms with E-state index in [1.807, 2.05) is 0 Å². The third-order valence-electron chi connectivity index (χ3n) is 1.61. The topological polar surface area (TPSA) is 78.4 Å². The van der Waals surface area contributed by atoms with Gasteiger partial charge >= 0.3 is 0 Å². The highest BCUT2D eigenvalue weighted by Gasteiger charge is 2.05. The van der Waals surface area contributed by atoms with E-state index in [1.165, 1.54) is 0 Å². The van der Waals surface area contributed by atoms with Crippen LogP contribution in [0.15, 0.2) is 0 Å². The summed E-state index contributed by atoms with van der Waals surface area (Å²) in [7, 11) is -3.21. The second-order valence-corrected chi connectivity index (χ2v) is 4.66. The zero-order chi connectivity index (χ0) is 9.45. The normalized spacial score (nSPS) is 10.9. The lowest BCUT2D eigenvalue weighted by molar-refractivity contribution is 0.307. The summed E-state index contributed by atoms with van der Waals surface area (Å²) in [4.78, 5) is 0. The predicted octanol–water partition coefficient (Wildman–Crippen LogP) is 2.10. The molecule has 0 radical (unpaired) electrons. The van der Waals surface area contributed by atoms with Crippen LogP contribution in [0.3, 0.4) is 0 Å². The Bertz CT molecular complexity index is 190. The van der Waals surface area contributed by atoms with E-state index in [4.69, 9.17) is 4.18 Å². The van der Waals surface area contributed by atoms with Crippen LogP contribution in [0, 0.1) is 0 Å². The average molecular weight is 211 g/mol. The van der Waals surface area contributed by atoms with Crippen molar-refractivity contribution in [1.29, 1.82) is 0 Å². The van der Waals surface area contributed by atoms with E-state index in [1.54, 1.807) is 6.92 Å². The van der Waals surface area contributed by atoms with Crippen molar-refractivity contribution in [2.75, 3.05) is 12.4 Å². The smallest absolute Gasteiger partial charge is 0.267 e. The van der Waals surface area contributed by atoms with Crippen LogP contribution in [0.25, 0.3) is 0 Å². The highest BCUT2D eigenvalue weighted by atomic mass is 32.2. The Balaban J connectivity index is 0. The Morgan fingerprint density at radius 1 is 1.08 bits per heavy atom. The molecular formula is C8H21NO3S. The Morgan fingerprint density at radius 2 is 1.69 bits per heavy atom. The van der Waals surface area contributed by atoms with Gasteiger partial charge in [0.1, 0.15) is 0 Å². The molecule has 82 valence electrons. The van der Waals surface area contributed by atoms with Gasteiger partial charge in [0.2, 0.25) is 0 Å². The molecule has 3 N–H and O–H groups in total. The summed E-state index contributed by atoms with van der Waals surface area (Å²) in [5, 5.41) is 0. The first-order chi connectivity index (χ1) is 5.62. The van der Waals surface area contributed by atoms with Crippen LogP contribution in [0.5, 0.6) is 0 Å². The lowest BCUT2D eigenvalue weighted by Crippen LogP contribution is -2.08.